The molecule has 0 unspecified atom stereocenters. The van der Waals surface area contributed by atoms with Crippen molar-refractivity contribution in [1.29, 1.82) is 5.41 Å². The molecule has 6 heteroatoms. The molecule has 1 aliphatic heterocycles. The smallest absolute Gasteiger partial charge is 0.135 e. The monoisotopic (exact) mass is 396 g/mol. The molecule has 1 aliphatic carbocycles. The van der Waals surface area contributed by atoms with E-state index in [1.807, 2.05) is 40.6 Å². The second-order valence-corrected chi connectivity index (χ2v) is 8.97. The van der Waals surface area contributed by atoms with Crippen molar-refractivity contribution in [3.8, 4) is 11.3 Å². The van der Waals surface area contributed by atoms with Crippen molar-refractivity contribution in [1.82, 2.24) is 14.8 Å². The summed E-state index contributed by atoms with van der Waals surface area (Å²) in [7, 11) is 4.29. The molecule has 4 rings (SSSR count). The number of thiazole rings is 1. The molecule has 1 fully saturated rings. The summed E-state index contributed by atoms with van der Waals surface area (Å²) in [4.78, 5) is 9.07. The van der Waals surface area contributed by atoms with Crippen LogP contribution in [-0.4, -0.2) is 58.4 Å². The third-order valence-corrected chi connectivity index (χ3v) is 7.05. The van der Waals surface area contributed by atoms with Gasteiger partial charge >= 0.3 is 0 Å². The molecule has 148 valence electrons. The summed E-state index contributed by atoms with van der Waals surface area (Å²) in [6, 6.07) is 10.0. The Balaban J connectivity index is 1.55. The van der Waals surface area contributed by atoms with E-state index in [9.17, 15) is 5.11 Å². The molecule has 5 nitrogen and oxygen atoms in total. The average Bonchev–Trinajstić information content (AvgIpc) is 3.28. The molecular formula is C22H28N4OS. The van der Waals surface area contributed by atoms with E-state index >= 15 is 0 Å². The summed E-state index contributed by atoms with van der Waals surface area (Å²) in [6.45, 7) is 1.19. The number of aliphatic hydroxyl groups is 1. The minimum Gasteiger partial charge on any atom is -0.510 e. The molecule has 1 aromatic carbocycles. The molecule has 0 bridgehead atoms. The molecule has 1 aromatic heterocycles. The van der Waals surface area contributed by atoms with Crippen molar-refractivity contribution in [2.24, 2.45) is 0 Å². The molecule has 0 saturated heterocycles. The molecule has 2 heterocycles. The average molecular weight is 397 g/mol. The summed E-state index contributed by atoms with van der Waals surface area (Å²) in [6.07, 6.45) is 6.06. The van der Waals surface area contributed by atoms with Crippen LogP contribution in [0.2, 0.25) is 0 Å². The van der Waals surface area contributed by atoms with Crippen LogP contribution in [-0.2, 0) is 0 Å². The van der Waals surface area contributed by atoms with Gasteiger partial charge in [-0.25, -0.2) is 4.98 Å². The summed E-state index contributed by atoms with van der Waals surface area (Å²) in [5, 5.41) is 22.1. The number of likely N-dealkylation sites (N-methyl/N-ethyl adjacent to an activating group) is 1. The van der Waals surface area contributed by atoms with Crippen LogP contribution in [0, 0.1) is 5.41 Å². The van der Waals surface area contributed by atoms with Crippen molar-refractivity contribution < 1.29 is 5.11 Å². The van der Waals surface area contributed by atoms with Crippen molar-refractivity contribution in [2.45, 2.75) is 37.6 Å². The van der Waals surface area contributed by atoms with E-state index in [2.05, 4.69) is 19.0 Å². The van der Waals surface area contributed by atoms with Gasteiger partial charge in [-0.3, -0.25) is 5.41 Å². The van der Waals surface area contributed by atoms with Gasteiger partial charge in [0.1, 0.15) is 16.6 Å². The summed E-state index contributed by atoms with van der Waals surface area (Å²) in [5.74, 6) is 0.668. The molecule has 28 heavy (non-hydrogen) atoms. The van der Waals surface area contributed by atoms with Crippen molar-refractivity contribution in [2.75, 3.05) is 27.2 Å². The lowest BCUT2D eigenvalue weighted by atomic mass is 9.80. The maximum Gasteiger partial charge on any atom is 0.135 e. The van der Waals surface area contributed by atoms with Crippen molar-refractivity contribution in [3.63, 3.8) is 0 Å². The number of benzene rings is 1. The summed E-state index contributed by atoms with van der Waals surface area (Å²) in [5.41, 5.74) is 2.62. The van der Waals surface area contributed by atoms with E-state index in [1.54, 1.807) is 0 Å². The van der Waals surface area contributed by atoms with Crippen LogP contribution in [0.3, 0.4) is 0 Å². The normalized spacial score (nSPS) is 19.7. The predicted octanol–water partition coefficient (Wildman–Crippen LogP) is 4.64. The van der Waals surface area contributed by atoms with Gasteiger partial charge in [0.05, 0.1) is 17.8 Å². The van der Waals surface area contributed by atoms with E-state index < -0.39 is 0 Å². The van der Waals surface area contributed by atoms with E-state index in [0.717, 1.165) is 35.7 Å². The Morgan fingerprint density at radius 3 is 2.57 bits per heavy atom. The highest BCUT2D eigenvalue weighted by Gasteiger charge is 2.40. The first kappa shape index (κ1) is 19.2. The molecule has 0 spiro atoms. The van der Waals surface area contributed by atoms with Gasteiger partial charge in [0, 0.05) is 23.0 Å². The van der Waals surface area contributed by atoms with Gasteiger partial charge in [-0.1, -0.05) is 49.6 Å². The van der Waals surface area contributed by atoms with E-state index in [1.165, 1.54) is 30.6 Å². The highest BCUT2D eigenvalue weighted by atomic mass is 32.1. The minimum atomic E-state index is 0.0817. The maximum absolute atomic E-state index is 10.7. The number of hydrogen-bond acceptors (Lipinski definition) is 5. The lowest BCUT2D eigenvalue weighted by Gasteiger charge is -2.45. The fourth-order valence-electron chi connectivity index (χ4n) is 4.44. The van der Waals surface area contributed by atoms with Gasteiger partial charge < -0.3 is 14.9 Å². The number of aliphatic hydroxyl groups excluding tert-OH is 1. The quantitative estimate of drug-likeness (QED) is 0.773. The zero-order valence-electron chi connectivity index (χ0n) is 16.6. The van der Waals surface area contributed by atoms with Gasteiger partial charge in [-0.2, -0.15) is 0 Å². The number of amidine groups is 1. The number of hydrogen-bond donors (Lipinski definition) is 2. The first-order valence-corrected chi connectivity index (χ1v) is 10.8. The Morgan fingerprint density at radius 2 is 1.89 bits per heavy atom. The second kappa shape index (κ2) is 7.68. The molecule has 0 radical (unpaired) electrons. The Morgan fingerprint density at radius 1 is 1.18 bits per heavy atom. The molecule has 0 amide bonds. The summed E-state index contributed by atoms with van der Waals surface area (Å²) < 4.78 is 0. The maximum atomic E-state index is 10.7. The second-order valence-electron chi connectivity index (χ2n) is 8.11. The molecule has 2 aromatic rings. The molecule has 1 saturated carbocycles. The number of rotatable bonds is 5. The number of nitrogens with one attached hydrogen (secondary N) is 1. The van der Waals surface area contributed by atoms with Crippen LogP contribution in [0.4, 0.5) is 0 Å². The Bertz CT molecular complexity index is 881. The Labute approximate surface area is 170 Å². The standard InChI is InChI=1S/C22H28N4OS/c1-25(2)22(11-7-4-8-12-22)15-26-13-18(27)19(20(26)23)21-24-17(14-28-21)16-9-5-3-6-10-16/h3,5-6,9-10,14,23,27H,4,7-8,11-13,15H2,1-2H3. The third-order valence-electron chi connectivity index (χ3n) is 6.19. The van der Waals surface area contributed by atoms with E-state index in [4.69, 9.17) is 10.4 Å². The van der Waals surface area contributed by atoms with Gasteiger partial charge in [0.25, 0.3) is 0 Å². The fraction of sp³-hybridized carbons (Fsp3) is 0.455. The van der Waals surface area contributed by atoms with Gasteiger partial charge in [0.2, 0.25) is 0 Å². The highest BCUT2D eigenvalue weighted by molar-refractivity contribution is 7.11. The first-order valence-electron chi connectivity index (χ1n) is 9.95. The largest absolute Gasteiger partial charge is 0.510 e. The van der Waals surface area contributed by atoms with Crippen LogP contribution in [0.1, 0.15) is 37.1 Å². The molecule has 0 atom stereocenters. The zero-order chi connectivity index (χ0) is 19.7. The zero-order valence-corrected chi connectivity index (χ0v) is 17.4. The first-order chi connectivity index (χ1) is 13.5. The predicted molar refractivity (Wildman–Crippen MR) is 116 cm³/mol. The lowest BCUT2D eigenvalue weighted by molar-refractivity contribution is 0.0757. The number of nitrogens with zero attached hydrogens (tertiary/aromatic N) is 3. The topological polar surface area (TPSA) is 63.5 Å². The fourth-order valence-corrected chi connectivity index (χ4v) is 5.33. The van der Waals surface area contributed by atoms with Gasteiger partial charge in [-0.15, -0.1) is 11.3 Å². The Kier molecular flexibility index (Phi) is 5.25. The highest BCUT2D eigenvalue weighted by Crippen LogP contribution is 2.37. The third kappa shape index (κ3) is 3.47. The van der Waals surface area contributed by atoms with Gasteiger partial charge in [-0.05, 0) is 26.9 Å². The minimum absolute atomic E-state index is 0.0817. The Hall–Kier alpha value is -2.18. The van der Waals surface area contributed by atoms with E-state index in [-0.39, 0.29) is 11.3 Å². The van der Waals surface area contributed by atoms with Crippen molar-refractivity contribution in [3.05, 3.63) is 46.5 Å². The molecular weight excluding hydrogens is 368 g/mol. The summed E-state index contributed by atoms with van der Waals surface area (Å²) >= 11 is 1.50. The van der Waals surface area contributed by atoms with Crippen LogP contribution in [0.5, 0.6) is 0 Å². The SMILES string of the molecule is CN(C)C1(CN2CC(O)=C(c3nc(-c4ccccc4)cs3)C2=N)CCCCC1. The van der Waals surface area contributed by atoms with Crippen LogP contribution in [0.25, 0.3) is 16.8 Å². The molecule has 2 N–H and O–H groups in total. The van der Waals surface area contributed by atoms with Gasteiger partial charge in [0.15, 0.2) is 0 Å². The van der Waals surface area contributed by atoms with Crippen LogP contribution >= 0.6 is 11.3 Å². The number of aromatic nitrogens is 1. The van der Waals surface area contributed by atoms with Crippen molar-refractivity contribution >= 4 is 22.7 Å². The molecule has 2 aliphatic rings. The van der Waals surface area contributed by atoms with E-state index in [0.29, 0.717) is 18.0 Å². The van der Waals surface area contributed by atoms with Crippen LogP contribution < -0.4 is 0 Å². The van der Waals surface area contributed by atoms with Crippen LogP contribution in [0.15, 0.2) is 41.5 Å². The lowest BCUT2D eigenvalue weighted by Crippen LogP contribution is -2.54.